The van der Waals surface area contributed by atoms with Crippen molar-refractivity contribution >= 4 is 21.8 Å². The summed E-state index contributed by atoms with van der Waals surface area (Å²) in [5.74, 6) is 2.50. The molecular formula is C18H22BrNO. The molecule has 2 nitrogen and oxygen atoms in total. The van der Waals surface area contributed by atoms with Crippen molar-refractivity contribution in [1.29, 1.82) is 0 Å². The van der Waals surface area contributed by atoms with Crippen LogP contribution in [0.3, 0.4) is 0 Å². The number of piperidine rings is 1. The number of carbonyl (C=O) groups excluding carboxylic acids is 1. The predicted molar refractivity (Wildman–Crippen MR) is 87.0 cm³/mol. The van der Waals surface area contributed by atoms with Crippen LogP contribution in [0.2, 0.25) is 0 Å². The first-order valence-electron chi connectivity index (χ1n) is 7.91. The van der Waals surface area contributed by atoms with E-state index in [4.69, 9.17) is 0 Å². The van der Waals surface area contributed by atoms with E-state index in [1.807, 2.05) is 6.07 Å². The minimum atomic E-state index is -0.186. The summed E-state index contributed by atoms with van der Waals surface area (Å²) in [5, 5.41) is 1.10. The Morgan fingerprint density at radius 3 is 2.62 bits per heavy atom. The van der Waals surface area contributed by atoms with Gasteiger partial charge in [-0.15, -0.1) is 0 Å². The van der Waals surface area contributed by atoms with Gasteiger partial charge in [0.2, 0.25) is 5.91 Å². The van der Waals surface area contributed by atoms with Gasteiger partial charge >= 0.3 is 0 Å². The molecule has 3 heteroatoms. The first-order valence-corrected chi connectivity index (χ1v) is 9.03. The Balaban J connectivity index is 1.57. The molecule has 4 rings (SSSR count). The summed E-state index contributed by atoms with van der Waals surface area (Å²) in [6, 6.07) is 10.4. The van der Waals surface area contributed by atoms with Crippen LogP contribution in [0.15, 0.2) is 30.3 Å². The lowest BCUT2D eigenvalue weighted by Gasteiger charge is -2.36. The van der Waals surface area contributed by atoms with Crippen LogP contribution in [0.25, 0.3) is 0 Å². The minimum Gasteiger partial charge on any atom is -0.338 e. The number of hydrogen-bond acceptors (Lipinski definition) is 1. The fourth-order valence-electron chi connectivity index (χ4n) is 5.19. The molecule has 1 amide bonds. The van der Waals surface area contributed by atoms with Crippen LogP contribution >= 0.6 is 15.9 Å². The Bertz CT molecular complexity index is 584. The number of halogens is 1. The molecule has 0 aromatic heterocycles. The van der Waals surface area contributed by atoms with Gasteiger partial charge in [-0.3, -0.25) is 4.79 Å². The molecule has 0 radical (unpaired) electrons. The fraction of sp³-hybridized carbons (Fsp3) is 0.611. The van der Waals surface area contributed by atoms with E-state index in [0.29, 0.717) is 17.2 Å². The van der Waals surface area contributed by atoms with Crippen LogP contribution in [0, 0.1) is 28.6 Å². The summed E-state index contributed by atoms with van der Waals surface area (Å²) < 4.78 is 0. The normalized spacial score (nSPS) is 39.3. The Kier molecular flexibility index (Phi) is 2.86. The number of nitrogens with zero attached hydrogens (tertiary/aromatic N) is 1. The van der Waals surface area contributed by atoms with Gasteiger partial charge in [0.25, 0.3) is 0 Å². The van der Waals surface area contributed by atoms with Crippen LogP contribution in [-0.2, 0) is 11.3 Å². The van der Waals surface area contributed by atoms with E-state index >= 15 is 0 Å². The van der Waals surface area contributed by atoms with Gasteiger partial charge in [-0.25, -0.2) is 0 Å². The third kappa shape index (κ3) is 1.79. The smallest absolute Gasteiger partial charge is 0.228 e. The average molecular weight is 348 g/mol. The first-order chi connectivity index (χ1) is 10.0. The molecule has 1 aromatic carbocycles. The Morgan fingerprint density at radius 1 is 1.29 bits per heavy atom. The third-order valence-electron chi connectivity index (χ3n) is 6.20. The summed E-state index contributed by atoms with van der Waals surface area (Å²) in [6.45, 7) is 6.07. The molecular weight excluding hydrogens is 326 g/mol. The summed E-state index contributed by atoms with van der Waals surface area (Å²) in [6.07, 6.45) is 1.32. The summed E-state index contributed by atoms with van der Waals surface area (Å²) in [5.41, 5.74) is 1.55. The molecule has 0 N–H and O–H groups in total. The van der Waals surface area contributed by atoms with Crippen LogP contribution in [0.5, 0.6) is 0 Å². The maximum atomic E-state index is 12.9. The molecule has 4 atom stereocenters. The number of benzene rings is 1. The number of fused-ring (bicyclic) bond motifs is 3. The molecule has 1 aromatic rings. The van der Waals surface area contributed by atoms with E-state index in [1.54, 1.807) is 0 Å². The first kappa shape index (κ1) is 13.8. The van der Waals surface area contributed by atoms with Gasteiger partial charge in [0.15, 0.2) is 0 Å². The van der Waals surface area contributed by atoms with Gasteiger partial charge < -0.3 is 4.90 Å². The SMILES string of the molecule is CC1(C)C(=O)N(Cc2ccccc2)C[C@H]2C1C21CC1CBr. The quantitative estimate of drug-likeness (QED) is 0.763. The topological polar surface area (TPSA) is 20.3 Å². The van der Waals surface area contributed by atoms with Gasteiger partial charge in [-0.05, 0) is 35.2 Å². The van der Waals surface area contributed by atoms with E-state index in [1.165, 1.54) is 12.0 Å². The minimum absolute atomic E-state index is 0.186. The van der Waals surface area contributed by atoms with Crippen molar-refractivity contribution in [2.24, 2.45) is 28.6 Å². The van der Waals surface area contributed by atoms with Gasteiger partial charge in [0.05, 0.1) is 0 Å². The number of alkyl halides is 1. The molecule has 1 saturated heterocycles. The van der Waals surface area contributed by atoms with Crippen LogP contribution in [-0.4, -0.2) is 22.7 Å². The second-order valence-electron chi connectivity index (χ2n) is 7.64. The van der Waals surface area contributed by atoms with Gasteiger partial charge in [-0.1, -0.05) is 60.1 Å². The van der Waals surface area contributed by atoms with Crippen molar-refractivity contribution in [3.05, 3.63) is 35.9 Å². The number of likely N-dealkylation sites (tertiary alicyclic amines) is 1. The molecule has 3 fully saturated rings. The monoisotopic (exact) mass is 347 g/mol. The lowest BCUT2D eigenvalue weighted by atomic mass is 9.81. The van der Waals surface area contributed by atoms with E-state index in [9.17, 15) is 4.79 Å². The van der Waals surface area contributed by atoms with E-state index in [0.717, 1.165) is 30.3 Å². The van der Waals surface area contributed by atoms with Gasteiger partial charge in [-0.2, -0.15) is 0 Å². The van der Waals surface area contributed by atoms with Crippen molar-refractivity contribution in [1.82, 2.24) is 4.90 Å². The van der Waals surface area contributed by atoms with E-state index in [2.05, 4.69) is 58.9 Å². The molecule has 3 aliphatic rings. The highest BCUT2D eigenvalue weighted by atomic mass is 79.9. The van der Waals surface area contributed by atoms with Gasteiger partial charge in [0, 0.05) is 23.8 Å². The van der Waals surface area contributed by atoms with Crippen LogP contribution in [0.1, 0.15) is 25.8 Å². The molecule has 2 saturated carbocycles. The van der Waals surface area contributed by atoms with E-state index in [-0.39, 0.29) is 5.41 Å². The molecule has 1 heterocycles. The molecule has 1 aliphatic heterocycles. The van der Waals surface area contributed by atoms with Gasteiger partial charge in [0.1, 0.15) is 0 Å². The number of carbonyl (C=O) groups is 1. The summed E-state index contributed by atoms with van der Waals surface area (Å²) in [7, 11) is 0. The molecule has 0 bridgehead atoms. The lowest BCUT2D eigenvalue weighted by Crippen LogP contribution is -2.47. The highest BCUT2D eigenvalue weighted by Gasteiger charge is 2.82. The summed E-state index contributed by atoms with van der Waals surface area (Å²) >= 11 is 3.65. The van der Waals surface area contributed by atoms with Crippen molar-refractivity contribution in [3.8, 4) is 0 Å². The zero-order valence-corrected chi connectivity index (χ0v) is 14.3. The number of amides is 1. The second-order valence-corrected chi connectivity index (χ2v) is 8.29. The molecule has 3 unspecified atom stereocenters. The largest absolute Gasteiger partial charge is 0.338 e. The van der Waals surface area contributed by atoms with Crippen molar-refractivity contribution in [2.75, 3.05) is 11.9 Å². The third-order valence-corrected chi connectivity index (χ3v) is 6.98. The standard InChI is InChI=1S/C18H22BrNO/c1-17(2)15-14(18(15)8-13(18)9-19)11-20(16(17)21)10-12-6-4-3-5-7-12/h3-7,13-15H,8-11H2,1-2H3/t13?,14-,15?,18?/m0/s1. The lowest BCUT2D eigenvalue weighted by molar-refractivity contribution is -0.145. The number of rotatable bonds is 3. The maximum Gasteiger partial charge on any atom is 0.228 e. The fourth-order valence-corrected chi connectivity index (χ4v) is 6.02. The second kappa shape index (κ2) is 4.34. The molecule has 21 heavy (non-hydrogen) atoms. The van der Waals surface area contributed by atoms with Crippen LogP contribution < -0.4 is 0 Å². The highest BCUT2D eigenvalue weighted by Crippen LogP contribution is 2.83. The number of hydrogen-bond donors (Lipinski definition) is 0. The van der Waals surface area contributed by atoms with Crippen molar-refractivity contribution in [3.63, 3.8) is 0 Å². The predicted octanol–water partition coefficient (Wildman–Crippen LogP) is 3.70. The molecule has 2 aliphatic carbocycles. The average Bonchev–Trinajstić information content (AvgIpc) is 3.35. The Hall–Kier alpha value is -0.830. The van der Waals surface area contributed by atoms with E-state index < -0.39 is 0 Å². The zero-order chi connectivity index (χ0) is 14.8. The molecule has 112 valence electrons. The van der Waals surface area contributed by atoms with Crippen molar-refractivity contribution < 1.29 is 4.79 Å². The molecule has 1 spiro atoms. The Morgan fingerprint density at radius 2 is 2.00 bits per heavy atom. The highest BCUT2D eigenvalue weighted by molar-refractivity contribution is 9.09. The zero-order valence-electron chi connectivity index (χ0n) is 12.7. The van der Waals surface area contributed by atoms with Crippen LogP contribution in [0.4, 0.5) is 0 Å². The maximum absolute atomic E-state index is 12.9. The Labute approximate surface area is 135 Å². The summed E-state index contributed by atoms with van der Waals surface area (Å²) in [4.78, 5) is 15.0. The van der Waals surface area contributed by atoms with Crippen molar-refractivity contribution in [2.45, 2.75) is 26.8 Å².